The van der Waals surface area contributed by atoms with E-state index in [0.29, 0.717) is 17.8 Å². The molecule has 0 aromatic carbocycles. The number of hydrogen-bond acceptors (Lipinski definition) is 3. The number of pyridine rings is 1. The number of likely N-dealkylation sites (tertiary alicyclic amines) is 1. The van der Waals surface area contributed by atoms with Crippen molar-refractivity contribution in [1.29, 1.82) is 0 Å². The molecule has 6 heteroatoms. The van der Waals surface area contributed by atoms with Crippen molar-refractivity contribution in [1.82, 2.24) is 9.88 Å². The third kappa shape index (κ3) is 8.51. The van der Waals surface area contributed by atoms with E-state index in [1.54, 1.807) is 6.20 Å². The van der Waals surface area contributed by atoms with E-state index in [1.165, 1.54) is 32.1 Å². The highest BCUT2D eigenvalue weighted by Crippen LogP contribution is 2.21. The second-order valence-corrected chi connectivity index (χ2v) is 6.57. The minimum Gasteiger partial charge on any atom is -0.490 e. The van der Waals surface area contributed by atoms with E-state index in [0.717, 1.165) is 30.7 Å². The monoisotopic (exact) mass is 406 g/mol. The fourth-order valence-electron chi connectivity index (χ4n) is 2.78. The van der Waals surface area contributed by atoms with Crippen LogP contribution in [0.2, 0.25) is 5.15 Å². The largest absolute Gasteiger partial charge is 0.490 e. The molecule has 1 fully saturated rings. The van der Waals surface area contributed by atoms with Crippen molar-refractivity contribution >= 4 is 36.4 Å². The van der Waals surface area contributed by atoms with Crippen LogP contribution >= 0.6 is 36.4 Å². The molecule has 0 bridgehead atoms. The summed E-state index contributed by atoms with van der Waals surface area (Å²) in [5.74, 6) is 7.08. The maximum Gasteiger partial charge on any atom is 0.144 e. The van der Waals surface area contributed by atoms with E-state index in [1.807, 2.05) is 6.07 Å². The highest BCUT2D eigenvalue weighted by molar-refractivity contribution is 6.30. The SMILES string of the molecule is CCCCCCC#Cc1cc(OC[C@H]2CCCN2C)cnc1Cl.Cl.Cl. The van der Waals surface area contributed by atoms with Gasteiger partial charge in [0.25, 0.3) is 0 Å². The Labute approximate surface area is 169 Å². The van der Waals surface area contributed by atoms with Crippen LogP contribution in [0.3, 0.4) is 0 Å². The molecule has 3 nitrogen and oxygen atoms in total. The van der Waals surface area contributed by atoms with E-state index in [4.69, 9.17) is 16.3 Å². The highest BCUT2D eigenvalue weighted by Gasteiger charge is 2.21. The number of rotatable bonds is 7. The summed E-state index contributed by atoms with van der Waals surface area (Å²) in [6.07, 6.45) is 9.96. The number of hydrogen-bond donors (Lipinski definition) is 0. The number of likely N-dealkylation sites (N-methyl/N-ethyl adjacent to an activating group) is 1. The van der Waals surface area contributed by atoms with Gasteiger partial charge in [-0.2, -0.15) is 0 Å². The Morgan fingerprint density at radius 3 is 2.80 bits per heavy atom. The number of ether oxygens (including phenoxy) is 1. The van der Waals surface area contributed by atoms with Gasteiger partial charge in [-0.1, -0.05) is 49.6 Å². The number of nitrogens with zero attached hydrogens (tertiary/aromatic N) is 2. The zero-order valence-corrected chi connectivity index (χ0v) is 17.5. The zero-order valence-electron chi connectivity index (χ0n) is 15.1. The van der Waals surface area contributed by atoms with Crippen molar-refractivity contribution in [2.75, 3.05) is 20.2 Å². The maximum atomic E-state index is 6.13. The molecule has 142 valence electrons. The van der Waals surface area contributed by atoms with Gasteiger partial charge in [-0.25, -0.2) is 4.98 Å². The Morgan fingerprint density at radius 2 is 2.12 bits per heavy atom. The fraction of sp³-hybridized carbons (Fsp3) is 0.632. The predicted octanol–water partition coefficient (Wildman–Crippen LogP) is 5.37. The standard InChI is InChI=1S/C19H27ClN2O.2ClH/c1-3-4-5-6-7-8-10-16-13-18(14-21-19(16)20)23-15-17-11-9-12-22(17)2;;/h13-14,17H,3-7,9,11-12,15H2,1-2H3;2*1H/t17-;;/m1../s1. The van der Waals surface area contributed by atoms with E-state index < -0.39 is 0 Å². The molecule has 2 rings (SSSR count). The lowest BCUT2D eigenvalue weighted by Crippen LogP contribution is -2.30. The van der Waals surface area contributed by atoms with Gasteiger partial charge in [-0.3, -0.25) is 0 Å². The molecule has 1 aliphatic heterocycles. The summed E-state index contributed by atoms with van der Waals surface area (Å²) in [6.45, 7) is 4.07. The summed E-state index contributed by atoms with van der Waals surface area (Å²) >= 11 is 6.13. The number of unbranched alkanes of at least 4 members (excludes halogenated alkanes) is 4. The van der Waals surface area contributed by atoms with Gasteiger partial charge in [0.05, 0.1) is 11.8 Å². The van der Waals surface area contributed by atoms with Crippen LogP contribution < -0.4 is 4.74 Å². The summed E-state index contributed by atoms with van der Waals surface area (Å²) in [5, 5.41) is 0.455. The molecule has 1 aromatic heterocycles. The van der Waals surface area contributed by atoms with Crippen molar-refractivity contribution in [3.05, 3.63) is 23.0 Å². The van der Waals surface area contributed by atoms with Gasteiger partial charge in [0.1, 0.15) is 17.5 Å². The van der Waals surface area contributed by atoms with E-state index in [9.17, 15) is 0 Å². The molecule has 1 aliphatic rings. The van der Waals surface area contributed by atoms with Gasteiger partial charge < -0.3 is 9.64 Å². The normalized spacial score (nSPS) is 16.4. The van der Waals surface area contributed by atoms with Gasteiger partial charge in [0.15, 0.2) is 0 Å². The molecule has 0 saturated carbocycles. The molecule has 0 aliphatic carbocycles. The van der Waals surface area contributed by atoms with Crippen LogP contribution in [-0.4, -0.2) is 36.1 Å². The minimum atomic E-state index is 0. The second kappa shape index (κ2) is 13.5. The molecule has 25 heavy (non-hydrogen) atoms. The van der Waals surface area contributed by atoms with Crippen molar-refractivity contribution in [2.24, 2.45) is 0 Å². The van der Waals surface area contributed by atoms with Gasteiger partial charge in [0.2, 0.25) is 0 Å². The molecule has 0 N–H and O–H groups in total. The van der Waals surface area contributed by atoms with Crippen molar-refractivity contribution in [2.45, 2.75) is 57.9 Å². The lowest BCUT2D eigenvalue weighted by atomic mass is 10.1. The van der Waals surface area contributed by atoms with Crippen LogP contribution in [0.1, 0.15) is 57.4 Å². The minimum absolute atomic E-state index is 0. The Morgan fingerprint density at radius 1 is 1.32 bits per heavy atom. The first kappa shape index (κ1) is 24.3. The molecule has 1 aromatic rings. The highest BCUT2D eigenvalue weighted by atomic mass is 35.5. The third-order valence-corrected chi connectivity index (χ3v) is 4.61. The summed E-state index contributed by atoms with van der Waals surface area (Å²) < 4.78 is 5.88. The molecule has 0 unspecified atom stereocenters. The number of halogens is 3. The van der Waals surface area contributed by atoms with Gasteiger partial charge in [-0.05, 0) is 32.9 Å². The summed E-state index contributed by atoms with van der Waals surface area (Å²) in [5.41, 5.74) is 0.763. The first-order valence-corrected chi connectivity index (χ1v) is 9.06. The quantitative estimate of drug-likeness (QED) is 0.345. The summed E-state index contributed by atoms with van der Waals surface area (Å²) in [4.78, 5) is 6.54. The van der Waals surface area contributed by atoms with Crippen molar-refractivity contribution < 1.29 is 4.74 Å². The Balaban J connectivity index is 0.00000288. The number of aromatic nitrogens is 1. The molecule has 1 saturated heterocycles. The molecule has 0 radical (unpaired) electrons. The molecular weight excluding hydrogens is 379 g/mol. The van der Waals surface area contributed by atoms with E-state index in [2.05, 4.69) is 35.7 Å². The van der Waals surface area contributed by atoms with E-state index in [-0.39, 0.29) is 24.8 Å². The molecule has 1 atom stereocenters. The summed E-state index contributed by atoms with van der Waals surface area (Å²) in [6, 6.07) is 2.40. The second-order valence-electron chi connectivity index (χ2n) is 6.21. The van der Waals surface area contributed by atoms with Crippen LogP contribution in [0.4, 0.5) is 0 Å². The third-order valence-electron chi connectivity index (χ3n) is 4.31. The molecule has 2 heterocycles. The lowest BCUT2D eigenvalue weighted by Gasteiger charge is -2.19. The van der Waals surface area contributed by atoms with Crippen LogP contribution in [0, 0.1) is 11.8 Å². The fourth-order valence-corrected chi connectivity index (χ4v) is 2.93. The Hall–Kier alpha value is -0.660. The lowest BCUT2D eigenvalue weighted by molar-refractivity contribution is 0.198. The Bertz CT molecular complexity index is 557. The van der Waals surface area contributed by atoms with Crippen molar-refractivity contribution in [3.63, 3.8) is 0 Å². The summed E-state index contributed by atoms with van der Waals surface area (Å²) in [7, 11) is 2.15. The van der Waals surface area contributed by atoms with Gasteiger partial charge in [-0.15, -0.1) is 24.8 Å². The first-order valence-electron chi connectivity index (χ1n) is 8.68. The molecular formula is C19H29Cl3N2O. The van der Waals surface area contributed by atoms with Gasteiger partial charge >= 0.3 is 0 Å². The van der Waals surface area contributed by atoms with Crippen LogP contribution in [0.5, 0.6) is 5.75 Å². The maximum absolute atomic E-state index is 6.13. The van der Waals surface area contributed by atoms with Crippen molar-refractivity contribution in [3.8, 4) is 17.6 Å². The van der Waals surface area contributed by atoms with E-state index >= 15 is 0 Å². The predicted molar refractivity (Wildman–Crippen MR) is 111 cm³/mol. The average molecular weight is 408 g/mol. The van der Waals surface area contributed by atoms with Crippen LogP contribution in [0.15, 0.2) is 12.3 Å². The molecule has 0 spiro atoms. The Kier molecular flexibility index (Phi) is 13.2. The van der Waals surface area contributed by atoms with Gasteiger partial charge in [0, 0.05) is 18.5 Å². The average Bonchev–Trinajstić information content (AvgIpc) is 2.96. The van der Waals surface area contributed by atoms with Crippen LogP contribution in [-0.2, 0) is 0 Å². The first-order chi connectivity index (χ1) is 11.2. The van der Waals surface area contributed by atoms with Crippen LogP contribution in [0.25, 0.3) is 0 Å². The zero-order chi connectivity index (χ0) is 16.5. The smallest absolute Gasteiger partial charge is 0.144 e. The molecule has 0 amide bonds. The topological polar surface area (TPSA) is 25.4 Å².